The molecule has 1 aromatic carbocycles. The van der Waals surface area contributed by atoms with Crippen molar-refractivity contribution in [1.29, 1.82) is 0 Å². The Labute approximate surface area is 118 Å². The quantitative estimate of drug-likeness (QED) is 0.784. The molecule has 0 unspecified atom stereocenters. The summed E-state index contributed by atoms with van der Waals surface area (Å²) in [5.41, 5.74) is -0.717. The molecule has 0 bridgehead atoms. The van der Waals surface area contributed by atoms with Crippen LogP contribution in [0.15, 0.2) is 12.1 Å². The van der Waals surface area contributed by atoms with Crippen LogP contribution >= 0.6 is 0 Å². The number of hydrogen-bond acceptors (Lipinski definition) is 3. The van der Waals surface area contributed by atoms with Gasteiger partial charge in [0.2, 0.25) is 0 Å². The smallest absolute Gasteiger partial charge is 0.323 e. The van der Waals surface area contributed by atoms with Crippen molar-refractivity contribution in [3.05, 3.63) is 29.6 Å². The predicted molar refractivity (Wildman–Crippen MR) is 66.4 cm³/mol. The Morgan fingerprint density at radius 2 is 2.00 bits per heavy atom. The molecule has 0 heterocycles. The van der Waals surface area contributed by atoms with Gasteiger partial charge in [-0.05, 0) is 0 Å². The van der Waals surface area contributed by atoms with Crippen LogP contribution in [0.5, 0.6) is 0 Å². The van der Waals surface area contributed by atoms with Crippen molar-refractivity contribution in [3.8, 4) is 0 Å². The van der Waals surface area contributed by atoms with E-state index in [9.17, 15) is 22.8 Å². The van der Waals surface area contributed by atoms with E-state index in [4.69, 9.17) is 9.84 Å². The molecule has 0 aromatic heterocycles. The SMILES string of the molecule is COCCN(CC(=O)O)C(=O)Nc1cc(F)cc(F)c1F. The number of carboxylic acid groups (broad SMARTS) is 1. The van der Waals surface area contributed by atoms with Crippen molar-refractivity contribution in [2.24, 2.45) is 0 Å². The number of anilines is 1. The largest absolute Gasteiger partial charge is 0.480 e. The number of rotatable bonds is 6. The van der Waals surface area contributed by atoms with Crippen molar-refractivity contribution >= 4 is 17.7 Å². The van der Waals surface area contributed by atoms with Gasteiger partial charge in [0.15, 0.2) is 11.6 Å². The number of carbonyl (C=O) groups excluding carboxylic acids is 1. The second-order valence-electron chi connectivity index (χ2n) is 3.99. The molecule has 0 fully saturated rings. The minimum atomic E-state index is -1.47. The first kappa shape index (κ1) is 16.8. The zero-order chi connectivity index (χ0) is 16.0. The average Bonchev–Trinajstić information content (AvgIpc) is 2.39. The average molecular weight is 306 g/mol. The van der Waals surface area contributed by atoms with E-state index < -0.39 is 41.7 Å². The van der Waals surface area contributed by atoms with Crippen molar-refractivity contribution < 1.29 is 32.6 Å². The van der Waals surface area contributed by atoms with Crippen molar-refractivity contribution in [3.63, 3.8) is 0 Å². The van der Waals surface area contributed by atoms with Crippen LogP contribution in [-0.2, 0) is 9.53 Å². The number of urea groups is 1. The highest BCUT2D eigenvalue weighted by Crippen LogP contribution is 2.19. The summed E-state index contributed by atoms with van der Waals surface area (Å²) < 4.78 is 44.1. The molecule has 0 aliphatic heterocycles. The van der Waals surface area contributed by atoms with Crippen LogP contribution in [0.2, 0.25) is 0 Å². The maximum atomic E-state index is 13.4. The van der Waals surface area contributed by atoms with Crippen molar-refractivity contribution in [2.45, 2.75) is 0 Å². The Kier molecular flexibility index (Phi) is 5.97. The number of benzene rings is 1. The maximum Gasteiger partial charge on any atom is 0.323 e. The predicted octanol–water partition coefficient (Wildman–Crippen LogP) is 1.67. The van der Waals surface area contributed by atoms with Crippen LogP contribution in [0.25, 0.3) is 0 Å². The van der Waals surface area contributed by atoms with E-state index in [1.807, 2.05) is 5.32 Å². The molecule has 1 rings (SSSR count). The maximum absolute atomic E-state index is 13.4. The summed E-state index contributed by atoms with van der Waals surface area (Å²) in [6.45, 7) is -0.719. The summed E-state index contributed by atoms with van der Waals surface area (Å²) in [4.78, 5) is 23.3. The molecule has 21 heavy (non-hydrogen) atoms. The second-order valence-corrected chi connectivity index (χ2v) is 3.99. The molecular formula is C12H13F3N2O4. The van der Waals surface area contributed by atoms with Gasteiger partial charge in [-0.3, -0.25) is 4.79 Å². The van der Waals surface area contributed by atoms with Crippen molar-refractivity contribution in [2.75, 3.05) is 32.1 Å². The summed E-state index contributed by atoms with van der Waals surface area (Å²) in [7, 11) is 1.35. The summed E-state index contributed by atoms with van der Waals surface area (Å²) in [5, 5.41) is 10.6. The number of aliphatic carboxylic acids is 1. The zero-order valence-electron chi connectivity index (χ0n) is 11.0. The minimum absolute atomic E-state index is 0.0424. The fourth-order valence-corrected chi connectivity index (χ4v) is 1.46. The molecule has 0 aliphatic carbocycles. The van der Waals surface area contributed by atoms with Gasteiger partial charge in [0.1, 0.15) is 12.4 Å². The van der Waals surface area contributed by atoms with Crippen LogP contribution in [0.1, 0.15) is 0 Å². The first-order valence-electron chi connectivity index (χ1n) is 5.76. The molecule has 0 saturated carbocycles. The summed E-state index contributed by atoms with van der Waals surface area (Å²) >= 11 is 0. The molecular weight excluding hydrogens is 293 g/mol. The van der Waals surface area contributed by atoms with Gasteiger partial charge in [-0.15, -0.1) is 0 Å². The van der Waals surface area contributed by atoms with Gasteiger partial charge in [0, 0.05) is 25.8 Å². The topological polar surface area (TPSA) is 78.9 Å². The number of amides is 2. The van der Waals surface area contributed by atoms with E-state index >= 15 is 0 Å². The van der Waals surface area contributed by atoms with E-state index in [0.717, 1.165) is 4.90 Å². The van der Waals surface area contributed by atoms with Crippen molar-refractivity contribution in [1.82, 2.24) is 4.90 Å². The van der Waals surface area contributed by atoms with E-state index in [0.29, 0.717) is 12.1 Å². The number of carboxylic acids is 1. The van der Waals surface area contributed by atoms with Gasteiger partial charge in [-0.25, -0.2) is 18.0 Å². The molecule has 0 saturated heterocycles. The van der Waals surface area contributed by atoms with Crippen LogP contribution in [0.4, 0.5) is 23.7 Å². The lowest BCUT2D eigenvalue weighted by Crippen LogP contribution is -2.40. The summed E-state index contributed by atoms with van der Waals surface area (Å²) in [5.74, 6) is -5.28. The van der Waals surface area contributed by atoms with Gasteiger partial charge in [0.25, 0.3) is 0 Å². The Hall–Kier alpha value is -2.29. The van der Waals surface area contributed by atoms with Gasteiger partial charge < -0.3 is 20.1 Å². The van der Waals surface area contributed by atoms with Crippen LogP contribution < -0.4 is 5.32 Å². The Morgan fingerprint density at radius 3 is 2.57 bits per heavy atom. The van der Waals surface area contributed by atoms with Crippen LogP contribution in [0, 0.1) is 17.5 Å². The molecule has 2 amide bonds. The summed E-state index contributed by atoms with van der Waals surface area (Å²) in [6.07, 6.45) is 0. The number of methoxy groups -OCH3 is 1. The standard InChI is InChI=1S/C12H13F3N2O4/c1-21-3-2-17(6-10(18)19)12(20)16-9-5-7(13)4-8(14)11(9)15/h4-5H,2-3,6H2,1H3,(H,16,20)(H,18,19). The first-order chi connectivity index (χ1) is 9.85. The first-order valence-corrected chi connectivity index (χ1v) is 5.76. The normalized spacial score (nSPS) is 10.3. The fourth-order valence-electron chi connectivity index (χ4n) is 1.46. The van der Waals surface area contributed by atoms with Gasteiger partial charge in [-0.1, -0.05) is 0 Å². The Bertz CT molecular complexity index is 539. The Balaban J connectivity index is 2.87. The molecule has 6 nitrogen and oxygen atoms in total. The number of carbonyl (C=O) groups is 2. The number of hydrogen-bond donors (Lipinski definition) is 2. The van der Waals surface area contributed by atoms with Gasteiger partial charge in [-0.2, -0.15) is 0 Å². The Morgan fingerprint density at radius 1 is 1.33 bits per heavy atom. The lowest BCUT2D eigenvalue weighted by Gasteiger charge is -2.21. The number of nitrogens with zero attached hydrogens (tertiary/aromatic N) is 1. The fraction of sp³-hybridized carbons (Fsp3) is 0.333. The number of halogens is 3. The highest BCUT2D eigenvalue weighted by atomic mass is 19.2. The third kappa shape index (κ3) is 4.95. The molecule has 0 aliphatic rings. The zero-order valence-corrected chi connectivity index (χ0v) is 11.0. The molecule has 116 valence electrons. The molecule has 0 spiro atoms. The molecule has 0 radical (unpaired) electrons. The molecule has 1 aromatic rings. The van der Waals surface area contributed by atoms with Crippen LogP contribution in [-0.4, -0.2) is 48.8 Å². The van der Waals surface area contributed by atoms with E-state index in [2.05, 4.69) is 0 Å². The molecule has 2 N–H and O–H groups in total. The molecule has 9 heteroatoms. The third-order valence-electron chi connectivity index (χ3n) is 2.41. The monoisotopic (exact) mass is 306 g/mol. The lowest BCUT2D eigenvalue weighted by atomic mass is 10.3. The van der Waals surface area contributed by atoms with Gasteiger partial charge >= 0.3 is 12.0 Å². The van der Waals surface area contributed by atoms with Gasteiger partial charge in [0.05, 0.1) is 12.3 Å². The lowest BCUT2D eigenvalue weighted by molar-refractivity contribution is -0.137. The number of nitrogens with one attached hydrogen (secondary N) is 1. The summed E-state index contributed by atoms with van der Waals surface area (Å²) in [6, 6.07) is -0.102. The third-order valence-corrected chi connectivity index (χ3v) is 2.41. The van der Waals surface area contributed by atoms with E-state index in [1.54, 1.807) is 0 Å². The second kappa shape index (κ2) is 7.48. The van der Waals surface area contributed by atoms with Crippen LogP contribution in [0.3, 0.4) is 0 Å². The van der Waals surface area contributed by atoms with E-state index in [-0.39, 0.29) is 13.2 Å². The number of ether oxygens (including phenoxy) is 1. The highest BCUT2D eigenvalue weighted by molar-refractivity contribution is 5.91. The highest BCUT2D eigenvalue weighted by Gasteiger charge is 2.19. The minimum Gasteiger partial charge on any atom is -0.480 e. The van der Waals surface area contributed by atoms with E-state index in [1.165, 1.54) is 7.11 Å². The molecule has 0 atom stereocenters.